The second-order valence-electron chi connectivity index (χ2n) is 11.5. The predicted octanol–water partition coefficient (Wildman–Crippen LogP) is 6.12. The van der Waals surface area contributed by atoms with Crippen molar-refractivity contribution in [1.29, 1.82) is 0 Å². The summed E-state index contributed by atoms with van der Waals surface area (Å²) in [6.45, 7) is 0.835. The molecule has 8 aliphatic rings. The van der Waals surface area contributed by atoms with Gasteiger partial charge < -0.3 is 5.11 Å². The van der Waals surface area contributed by atoms with E-state index >= 15 is 0 Å². The molecule has 0 aliphatic heterocycles. The molecule has 0 radical (unpaired) electrons. The molecule has 0 aromatic rings. The van der Waals surface area contributed by atoms with Gasteiger partial charge in [0, 0.05) is 59.6 Å². The van der Waals surface area contributed by atoms with E-state index in [4.69, 9.17) is 5.11 Å². The summed E-state index contributed by atoms with van der Waals surface area (Å²) in [5.41, 5.74) is -10.8. The molecule has 0 spiro atoms. The minimum Gasteiger partial charge on any atom is -0.565 e. The zero-order valence-corrected chi connectivity index (χ0v) is 19.2. The molecule has 0 amide bonds. The SMILES string of the molecule is FC12CC3CC(F)(C1)CC(F)(C3)C2.O[CH-]C12CC3(F)CC(F)(CC(F)(C3)C1)C2.[W]. The number of aliphatic hydroxyl groups excluding tert-OH is 1. The first-order chi connectivity index (χ1) is 12.7. The standard InChI is InChI=1S/C11H14F3O.C10H13F3.W/c12-9-1-8(7-15)2-10(13,4-9)6-11(14,3-8)5-9;11-8-1-7-2-9(12,4-8)6-10(13,3-7)5-8;/h7,15H,1-6H2;7H,1-6H2;/q-1;;. The van der Waals surface area contributed by atoms with Crippen LogP contribution in [-0.2, 0) is 21.1 Å². The van der Waals surface area contributed by atoms with Gasteiger partial charge in [-0.3, -0.25) is 0 Å². The Morgan fingerprint density at radius 2 is 0.793 bits per heavy atom. The van der Waals surface area contributed by atoms with Crippen molar-refractivity contribution in [2.75, 3.05) is 0 Å². The molecule has 1 N–H and O–H groups in total. The molecular weight excluding hydrogens is 566 g/mol. The van der Waals surface area contributed by atoms with Crippen LogP contribution in [0, 0.1) is 17.9 Å². The Morgan fingerprint density at radius 3 is 1.03 bits per heavy atom. The number of hydrogen-bond donors (Lipinski definition) is 1. The van der Waals surface area contributed by atoms with Gasteiger partial charge in [0.2, 0.25) is 0 Å². The third-order valence-corrected chi connectivity index (χ3v) is 8.05. The monoisotopic (exact) mass is 593 g/mol. The zero-order chi connectivity index (χ0) is 20.3. The van der Waals surface area contributed by atoms with E-state index in [0.29, 0.717) is 19.3 Å². The minimum absolute atomic E-state index is 0. The van der Waals surface area contributed by atoms with Crippen LogP contribution in [0.2, 0.25) is 0 Å². The Bertz CT molecular complexity index is 598. The third kappa shape index (κ3) is 3.72. The van der Waals surface area contributed by atoms with Crippen molar-refractivity contribution in [3.05, 3.63) is 6.61 Å². The van der Waals surface area contributed by atoms with Gasteiger partial charge >= 0.3 is 0 Å². The van der Waals surface area contributed by atoms with E-state index in [1.165, 1.54) is 0 Å². The van der Waals surface area contributed by atoms with Crippen LogP contribution in [-0.4, -0.2) is 39.1 Å². The number of aliphatic hydroxyl groups is 1. The fourth-order valence-electron chi connectivity index (χ4n) is 8.58. The van der Waals surface area contributed by atoms with E-state index in [-0.39, 0.29) is 84.8 Å². The summed E-state index contributed by atoms with van der Waals surface area (Å²) in [7, 11) is 0. The molecule has 29 heavy (non-hydrogen) atoms. The first kappa shape index (κ1) is 22.4. The number of hydrogen-bond acceptors (Lipinski definition) is 1. The van der Waals surface area contributed by atoms with Crippen molar-refractivity contribution in [2.24, 2.45) is 11.3 Å². The smallest absolute Gasteiger partial charge is 0.117 e. The summed E-state index contributed by atoms with van der Waals surface area (Å²) in [5, 5.41) is 9.15. The number of halogens is 6. The maximum absolute atomic E-state index is 14.2. The summed E-state index contributed by atoms with van der Waals surface area (Å²) in [5.74, 6) is -0.0451. The van der Waals surface area contributed by atoms with Crippen molar-refractivity contribution in [2.45, 2.75) is 111 Å². The van der Waals surface area contributed by atoms with Crippen LogP contribution >= 0.6 is 0 Å². The summed E-state index contributed by atoms with van der Waals surface area (Å²) in [6.07, 6.45) is 0.671. The topological polar surface area (TPSA) is 20.2 Å². The molecule has 0 heterocycles. The first-order valence-electron chi connectivity index (χ1n) is 10.3. The van der Waals surface area contributed by atoms with Gasteiger partial charge in [-0.25, -0.2) is 32.9 Å². The largest absolute Gasteiger partial charge is 0.565 e. The van der Waals surface area contributed by atoms with Crippen molar-refractivity contribution in [1.82, 2.24) is 0 Å². The second kappa shape index (κ2) is 6.17. The Morgan fingerprint density at radius 1 is 0.517 bits per heavy atom. The van der Waals surface area contributed by atoms with Crippen molar-refractivity contribution < 1.29 is 52.5 Å². The van der Waals surface area contributed by atoms with Gasteiger partial charge in [0.05, 0.1) is 0 Å². The van der Waals surface area contributed by atoms with Gasteiger partial charge in [0.15, 0.2) is 0 Å². The Kier molecular flexibility index (Phi) is 4.77. The van der Waals surface area contributed by atoms with Crippen LogP contribution in [0.3, 0.4) is 0 Å². The van der Waals surface area contributed by atoms with E-state index < -0.39 is 39.4 Å². The summed E-state index contributed by atoms with van der Waals surface area (Å²) in [6, 6.07) is 0. The van der Waals surface area contributed by atoms with Crippen LogP contribution < -0.4 is 0 Å². The maximum atomic E-state index is 14.2. The fourth-order valence-corrected chi connectivity index (χ4v) is 8.58. The minimum atomic E-state index is -1.75. The molecule has 1 nitrogen and oxygen atoms in total. The van der Waals surface area contributed by atoms with Gasteiger partial charge in [0.25, 0.3) is 0 Å². The van der Waals surface area contributed by atoms with E-state index in [1.807, 2.05) is 0 Å². The van der Waals surface area contributed by atoms with Crippen molar-refractivity contribution in [3.8, 4) is 0 Å². The summed E-state index contributed by atoms with van der Waals surface area (Å²) >= 11 is 0. The molecule has 0 atom stereocenters. The Hall–Kier alpha value is 0.228. The van der Waals surface area contributed by atoms with Crippen LogP contribution in [0.25, 0.3) is 0 Å². The average molecular weight is 593 g/mol. The van der Waals surface area contributed by atoms with E-state index in [1.54, 1.807) is 0 Å². The van der Waals surface area contributed by atoms with Gasteiger partial charge in [-0.2, -0.15) is 0 Å². The van der Waals surface area contributed by atoms with Crippen LogP contribution in [0.4, 0.5) is 26.3 Å². The summed E-state index contributed by atoms with van der Waals surface area (Å²) in [4.78, 5) is 0. The molecule has 8 heteroatoms. The fraction of sp³-hybridized carbons (Fsp3) is 0.952. The number of alkyl halides is 6. The molecule has 8 fully saturated rings. The number of rotatable bonds is 1. The molecule has 8 rings (SSSR count). The van der Waals surface area contributed by atoms with Gasteiger partial charge in [-0.15, -0.1) is 5.41 Å². The molecule has 0 aromatic heterocycles. The second-order valence-corrected chi connectivity index (χ2v) is 11.5. The predicted molar refractivity (Wildman–Crippen MR) is 90.6 cm³/mol. The molecule has 0 unspecified atom stereocenters. The average Bonchev–Trinajstić information content (AvgIpc) is 2.37. The normalized spacial score (nSPS) is 61.1. The Labute approximate surface area is 181 Å². The molecule has 8 saturated carbocycles. The summed E-state index contributed by atoms with van der Waals surface area (Å²) < 4.78 is 84.3. The van der Waals surface area contributed by atoms with E-state index in [0.717, 1.165) is 6.61 Å². The van der Waals surface area contributed by atoms with Gasteiger partial charge in [-0.1, -0.05) is 0 Å². The zero-order valence-electron chi connectivity index (χ0n) is 16.3. The molecule has 166 valence electrons. The van der Waals surface area contributed by atoms with Crippen LogP contribution in [0.5, 0.6) is 0 Å². The van der Waals surface area contributed by atoms with Crippen LogP contribution in [0.1, 0.15) is 77.0 Å². The van der Waals surface area contributed by atoms with Crippen molar-refractivity contribution in [3.63, 3.8) is 0 Å². The first-order valence-corrected chi connectivity index (χ1v) is 10.3. The molecule has 0 saturated heterocycles. The molecular formula is C21H27F6OW-. The Balaban J connectivity index is 0.000000138. The van der Waals surface area contributed by atoms with E-state index in [9.17, 15) is 26.3 Å². The van der Waals surface area contributed by atoms with Crippen molar-refractivity contribution >= 4 is 0 Å². The van der Waals surface area contributed by atoms with E-state index in [2.05, 4.69) is 0 Å². The quantitative estimate of drug-likeness (QED) is 0.287. The van der Waals surface area contributed by atoms with Gasteiger partial charge in [0.1, 0.15) is 34.0 Å². The molecule has 8 bridgehead atoms. The maximum Gasteiger partial charge on any atom is 0.117 e. The van der Waals surface area contributed by atoms with Gasteiger partial charge in [-0.05, 0) is 44.4 Å². The third-order valence-electron chi connectivity index (χ3n) is 8.05. The molecule has 8 aliphatic carbocycles. The van der Waals surface area contributed by atoms with Crippen LogP contribution in [0.15, 0.2) is 0 Å². The molecule has 0 aromatic carbocycles.